The molecule has 0 bridgehead atoms. The minimum atomic E-state index is -1.41. The normalized spacial score (nSPS) is 21.3. The highest BCUT2D eigenvalue weighted by atomic mass is 35.5. The number of hydrogen-bond donors (Lipinski definition) is 3. The van der Waals surface area contributed by atoms with Crippen LogP contribution in [0.4, 0.5) is 0 Å². The van der Waals surface area contributed by atoms with Crippen molar-refractivity contribution in [1.29, 1.82) is 0 Å². The first-order chi connectivity index (χ1) is 29.9. The molecule has 5 amide bonds. The number of hydrogen-bond acceptors (Lipinski definition) is 9. The molecule has 1 saturated heterocycles. The summed E-state index contributed by atoms with van der Waals surface area (Å²) in [5.41, 5.74) is 3.18. The van der Waals surface area contributed by atoms with E-state index >= 15 is 0 Å². The minimum absolute atomic E-state index is 0.103. The molecule has 63 heavy (non-hydrogen) atoms. The molecule has 1 aliphatic rings. The molecule has 0 saturated carbocycles. The van der Waals surface area contributed by atoms with Crippen LogP contribution in [-0.4, -0.2) is 129 Å². The maximum absolute atomic E-state index is 14.4. The third kappa shape index (κ3) is 12.6. The van der Waals surface area contributed by atoms with Crippen LogP contribution < -0.4 is 15.4 Å². The number of carbonyl (C=O) groups is 5. The third-order valence-electron chi connectivity index (χ3n) is 11.5. The molecule has 1 fully saturated rings. The van der Waals surface area contributed by atoms with Gasteiger partial charge in [0.05, 0.1) is 31.6 Å². The summed E-state index contributed by atoms with van der Waals surface area (Å²) in [6, 6.07) is 15.7. The van der Waals surface area contributed by atoms with Gasteiger partial charge >= 0.3 is 0 Å². The van der Waals surface area contributed by atoms with E-state index in [4.69, 9.17) is 27.9 Å². The number of aromatic nitrogens is 2. The lowest BCUT2D eigenvalue weighted by molar-refractivity contribution is -0.146. The number of likely N-dealkylation sites (N-methyl/N-ethyl adjacent to an activating group) is 2. The zero-order valence-corrected chi connectivity index (χ0v) is 38.6. The summed E-state index contributed by atoms with van der Waals surface area (Å²) in [7, 11) is 9.06. The average Bonchev–Trinajstić information content (AvgIpc) is 3.61. The lowest BCUT2D eigenvalue weighted by Crippen LogP contribution is -2.57. The first kappa shape index (κ1) is 48.6. The molecule has 0 aliphatic carbocycles. The van der Waals surface area contributed by atoms with Gasteiger partial charge in [0.2, 0.25) is 29.5 Å². The Hall–Kier alpha value is -5.48. The fourth-order valence-corrected chi connectivity index (χ4v) is 7.63. The Balaban J connectivity index is 1.45. The Bertz CT molecular complexity index is 2250. The predicted molar refractivity (Wildman–Crippen MR) is 242 cm³/mol. The fraction of sp³-hybridized carbons (Fsp3) is 0.435. The summed E-state index contributed by atoms with van der Waals surface area (Å²) >= 11 is 12.6. The molecular weight excluding hydrogens is 847 g/mol. The molecule has 0 radical (unpaired) electrons. The van der Waals surface area contributed by atoms with Gasteiger partial charge < -0.3 is 44.6 Å². The molecular formula is C46H58Cl2N8O7. The van der Waals surface area contributed by atoms with Crippen LogP contribution in [-0.2, 0) is 50.5 Å². The number of imidazole rings is 1. The maximum atomic E-state index is 14.4. The van der Waals surface area contributed by atoms with Crippen molar-refractivity contribution in [1.82, 2.24) is 39.8 Å². The molecule has 3 aromatic carbocycles. The number of nitrogens with zero attached hydrogens (tertiary/aromatic N) is 6. The van der Waals surface area contributed by atoms with Crippen LogP contribution in [0.2, 0.25) is 10.0 Å². The van der Waals surface area contributed by atoms with Gasteiger partial charge in [0.1, 0.15) is 29.4 Å². The summed E-state index contributed by atoms with van der Waals surface area (Å²) in [4.78, 5) is 80.4. The predicted octanol–water partition coefficient (Wildman–Crippen LogP) is 4.90. The van der Waals surface area contributed by atoms with Crippen molar-refractivity contribution < 1.29 is 33.8 Å². The number of aliphatic hydroxyl groups excluding tert-OH is 1. The van der Waals surface area contributed by atoms with Crippen LogP contribution in [0.3, 0.4) is 0 Å². The molecule has 5 atom stereocenters. The lowest BCUT2D eigenvalue weighted by Gasteiger charge is -2.34. The second-order valence-corrected chi connectivity index (χ2v) is 17.4. The Kier molecular flexibility index (Phi) is 16.8. The van der Waals surface area contributed by atoms with Gasteiger partial charge in [-0.25, -0.2) is 4.98 Å². The van der Waals surface area contributed by atoms with Crippen molar-refractivity contribution >= 4 is 52.7 Å². The van der Waals surface area contributed by atoms with Gasteiger partial charge in [-0.3, -0.25) is 24.0 Å². The second kappa shape index (κ2) is 21.7. The Morgan fingerprint density at radius 3 is 2.17 bits per heavy atom. The molecule has 1 aromatic heterocycles. The fourth-order valence-electron chi connectivity index (χ4n) is 7.34. The van der Waals surface area contributed by atoms with E-state index in [0.29, 0.717) is 33.7 Å². The molecule has 5 rings (SSSR count). The lowest BCUT2D eigenvalue weighted by atomic mass is 10.0. The molecule has 17 heteroatoms. The van der Waals surface area contributed by atoms with E-state index in [1.54, 1.807) is 63.4 Å². The second-order valence-electron chi connectivity index (χ2n) is 16.5. The standard InChI is InChI=1S/C46H58Cl2N8O7/c1-28-19-43(59)56(25-33-11-16-35(48)21-40(33)63-37-17-12-32(13-18-37)39-24-49-41(55(39)8)26-52(4)5)30(3)44(60)51-38(27-57)46(62)54(7)36(20-31-9-14-34(47)15-10-31)22-42(58)50-23-29(2)53(6)45(28)61/h9-18,21,24,28-30,36,38,57H,19-20,22-23,25-27H2,1-8H3,(H,50,58)(H,51,60)/t28-,29+,30+,36+,38+/m1/s1. The number of nitrogens with one attached hydrogen (secondary N) is 2. The molecule has 0 unspecified atom stereocenters. The summed E-state index contributed by atoms with van der Waals surface area (Å²) in [5.74, 6) is -1.62. The van der Waals surface area contributed by atoms with Crippen molar-refractivity contribution in [3.8, 4) is 22.8 Å². The molecule has 1 aliphatic heterocycles. The third-order valence-corrected chi connectivity index (χ3v) is 11.9. The van der Waals surface area contributed by atoms with Gasteiger partial charge in [0, 0.05) is 79.7 Å². The van der Waals surface area contributed by atoms with Crippen molar-refractivity contribution in [2.45, 2.75) is 77.3 Å². The summed E-state index contributed by atoms with van der Waals surface area (Å²) < 4.78 is 8.42. The van der Waals surface area contributed by atoms with Gasteiger partial charge in [0.25, 0.3) is 0 Å². The van der Waals surface area contributed by atoms with Gasteiger partial charge in [0.15, 0.2) is 0 Å². The van der Waals surface area contributed by atoms with Crippen LogP contribution in [0.1, 0.15) is 50.6 Å². The number of ether oxygens (including phenoxy) is 1. The molecule has 0 spiro atoms. The number of aliphatic hydroxyl groups is 1. The van der Waals surface area contributed by atoms with Crippen LogP contribution in [0.15, 0.2) is 72.9 Å². The molecule has 4 aromatic rings. The summed E-state index contributed by atoms with van der Waals surface area (Å²) in [5, 5.41) is 16.9. The largest absolute Gasteiger partial charge is 0.457 e. The van der Waals surface area contributed by atoms with Gasteiger partial charge in [-0.1, -0.05) is 48.3 Å². The van der Waals surface area contributed by atoms with Crippen LogP contribution >= 0.6 is 23.2 Å². The van der Waals surface area contributed by atoms with Gasteiger partial charge in [-0.15, -0.1) is 0 Å². The van der Waals surface area contributed by atoms with Crippen molar-refractivity contribution in [2.75, 3.05) is 41.3 Å². The number of rotatable bonds is 10. The average molecular weight is 906 g/mol. The van der Waals surface area contributed by atoms with Crippen molar-refractivity contribution in [3.05, 3.63) is 99.9 Å². The Morgan fingerprint density at radius 2 is 1.52 bits per heavy atom. The molecule has 338 valence electrons. The monoisotopic (exact) mass is 904 g/mol. The van der Waals surface area contributed by atoms with Crippen LogP contribution in [0.25, 0.3) is 11.3 Å². The highest BCUT2D eigenvalue weighted by Crippen LogP contribution is 2.32. The molecule has 3 N–H and O–H groups in total. The first-order valence-corrected chi connectivity index (χ1v) is 21.6. The SMILES string of the molecule is C[C@@H]1CC(=O)N(Cc2ccc(Cl)cc2Oc2ccc(-c3cnc(CN(C)C)n3C)cc2)[C@@H](C)C(=O)N[C@@H](CO)C(=O)N(C)[C@@H](Cc2ccc(Cl)cc2)CC(=O)NC[C@H](C)N(C)C1=O. The number of benzene rings is 3. The van der Waals surface area contributed by atoms with Gasteiger partial charge in [-0.05, 0) is 88.5 Å². The first-order valence-electron chi connectivity index (χ1n) is 20.8. The van der Waals surface area contributed by atoms with E-state index in [9.17, 15) is 29.1 Å². The van der Waals surface area contributed by atoms with E-state index in [1.165, 1.54) is 28.7 Å². The highest BCUT2D eigenvalue weighted by Gasteiger charge is 2.35. The van der Waals surface area contributed by atoms with Crippen molar-refractivity contribution in [3.63, 3.8) is 0 Å². The van der Waals surface area contributed by atoms with E-state index in [-0.39, 0.29) is 44.2 Å². The van der Waals surface area contributed by atoms with Crippen LogP contribution in [0, 0.1) is 5.92 Å². The highest BCUT2D eigenvalue weighted by molar-refractivity contribution is 6.31. The Labute approximate surface area is 379 Å². The maximum Gasteiger partial charge on any atom is 0.247 e. The van der Waals surface area contributed by atoms with Crippen LogP contribution in [0.5, 0.6) is 11.5 Å². The zero-order valence-electron chi connectivity index (χ0n) is 37.1. The smallest absolute Gasteiger partial charge is 0.247 e. The van der Waals surface area contributed by atoms with E-state index in [1.807, 2.05) is 61.1 Å². The topological polar surface area (TPSA) is 170 Å². The number of carbonyl (C=O) groups excluding carboxylic acids is 5. The van der Waals surface area contributed by atoms with E-state index < -0.39 is 54.4 Å². The Morgan fingerprint density at radius 1 is 0.857 bits per heavy atom. The summed E-state index contributed by atoms with van der Waals surface area (Å²) in [6.45, 7) is 4.85. The van der Waals surface area contributed by atoms with E-state index in [2.05, 4.69) is 15.6 Å². The number of amides is 5. The molecule has 2 heterocycles. The molecule has 15 nitrogen and oxygen atoms in total. The zero-order chi connectivity index (χ0) is 46.1. The number of halogens is 2. The van der Waals surface area contributed by atoms with Gasteiger partial charge in [-0.2, -0.15) is 0 Å². The summed E-state index contributed by atoms with van der Waals surface area (Å²) in [6.07, 6.45) is 1.73. The van der Waals surface area contributed by atoms with E-state index in [0.717, 1.165) is 22.6 Å². The quantitative estimate of drug-likeness (QED) is 0.200. The van der Waals surface area contributed by atoms with Crippen molar-refractivity contribution in [2.24, 2.45) is 13.0 Å². The minimum Gasteiger partial charge on any atom is -0.457 e.